The molecule has 38 heavy (non-hydrogen) atoms. The molecule has 0 bridgehead atoms. The van der Waals surface area contributed by atoms with Crippen LogP contribution in [0.5, 0.6) is 11.6 Å². The number of aromatic nitrogens is 1. The smallest absolute Gasteiger partial charge is 0.224 e. The molecule has 1 fully saturated rings. The molecule has 3 N–H and O–H groups in total. The third kappa shape index (κ3) is 3.65. The molecule has 1 aliphatic carbocycles. The molecule has 5 unspecified atom stereocenters. The SMILES string of the molecule is COc1nc(C#N)cc2c1C1(O)C(O)C(CNC(C)(C)C)C(c3ccccc3)C1(c1ccc(C#N)cc1)O2. The Morgan fingerprint density at radius 1 is 1.08 bits per heavy atom. The number of ether oxygens (including phenoxy) is 2. The highest BCUT2D eigenvalue weighted by Gasteiger charge is 2.76. The standard InChI is InChI=1S/C30H30N4O4/c1-28(2,3)33-17-22-24(19-8-6-5-7-9-19)30(20-12-10-18(15-31)11-13-20)29(36,26(22)35)25-23(38-30)14-21(16-32)34-27(25)37-4/h5-14,22,24,26,33,35-36H,17H2,1-4H3. The number of aliphatic hydroxyl groups is 2. The van der Waals surface area contributed by atoms with Gasteiger partial charge in [0.15, 0.2) is 11.2 Å². The van der Waals surface area contributed by atoms with E-state index in [4.69, 9.17) is 9.47 Å². The summed E-state index contributed by atoms with van der Waals surface area (Å²) in [7, 11) is 1.41. The number of methoxy groups -OCH3 is 1. The zero-order valence-electron chi connectivity index (χ0n) is 21.8. The normalized spacial score (nSPS) is 27.5. The van der Waals surface area contributed by atoms with Crippen molar-refractivity contribution >= 4 is 0 Å². The van der Waals surface area contributed by atoms with Gasteiger partial charge >= 0.3 is 0 Å². The molecule has 5 atom stereocenters. The maximum atomic E-state index is 12.8. The van der Waals surface area contributed by atoms with E-state index in [1.165, 1.54) is 13.2 Å². The molecule has 2 aliphatic rings. The second-order valence-corrected chi connectivity index (χ2v) is 10.9. The van der Waals surface area contributed by atoms with E-state index in [0.717, 1.165) is 5.56 Å². The summed E-state index contributed by atoms with van der Waals surface area (Å²) >= 11 is 0. The van der Waals surface area contributed by atoms with Crippen molar-refractivity contribution in [2.75, 3.05) is 13.7 Å². The fraction of sp³-hybridized carbons (Fsp3) is 0.367. The molecular formula is C30H30N4O4. The van der Waals surface area contributed by atoms with Crippen LogP contribution in [0.2, 0.25) is 0 Å². The van der Waals surface area contributed by atoms with E-state index in [0.29, 0.717) is 17.7 Å². The van der Waals surface area contributed by atoms with Crippen LogP contribution in [0, 0.1) is 28.6 Å². The van der Waals surface area contributed by atoms with Crippen molar-refractivity contribution in [2.45, 2.75) is 49.5 Å². The number of hydrogen-bond donors (Lipinski definition) is 3. The molecule has 194 valence electrons. The van der Waals surface area contributed by atoms with Crippen molar-refractivity contribution in [1.82, 2.24) is 10.3 Å². The van der Waals surface area contributed by atoms with E-state index >= 15 is 0 Å². The fourth-order valence-electron chi connectivity index (χ4n) is 6.08. The largest absolute Gasteiger partial charge is 0.481 e. The number of nitrogens with one attached hydrogen (secondary N) is 1. The van der Waals surface area contributed by atoms with Gasteiger partial charge in [-0.25, -0.2) is 4.98 Å². The van der Waals surface area contributed by atoms with Crippen LogP contribution in [-0.4, -0.2) is 40.5 Å². The fourth-order valence-corrected chi connectivity index (χ4v) is 6.08. The molecule has 3 aromatic rings. The molecule has 1 saturated carbocycles. The highest BCUT2D eigenvalue weighted by Crippen LogP contribution is 2.69. The number of hydrogen-bond acceptors (Lipinski definition) is 8. The minimum atomic E-state index is -1.99. The first-order valence-electron chi connectivity index (χ1n) is 12.5. The highest BCUT2D eigenvalue weighted by atomic mass is 16.5. The van der Waals surface area contributed by atoms with Crippen LogP contribution in [-0.2, 0) is 11.2 Å². The van der Waals surface area contributed by atoms with Gasteiger partial charge in [0.1, 0.15) is 17.5 Å². The summed E-state index contributed by atoms with van der Waals surface area (Å²) in [5, 5.41) is 47.4. The Balaban J connectivity index is 1.84. The predicted molar refractivity (Wildman–Crippen MR) is 139 cm³/mol. The molecule has 8 heteroatoms. The Morgan fingerprint density at radius 2 is 1.76 bits per heavy atom. The maximum absolute atomic E-state index is 12.8. The molecule has 1 aliphatic heterocycles. The molecule has 0 spiro atoms. The monoisotopic (exact) mass is 510 g/mol. The average Bonchev–Trinajstić information content (AvgIpc) is 3.29. The van der Waals surface area contributed by atoms with Gasteiger partial charge in [-0.15, -0.1) is 0 Å². The van der Waals surface area contributed by atoms with Gasteiger partial charge in [0.05, 0.1) is 30.4 Å². The molecule has 0 amide bonds. The first kappa shape index (κ1) is 25.7. The lowest BCUT2D eigenvalue weighted by molar-refractivity contribution is -0.152. The van der Waals surface area contributed by atoms with Gasteiger partial charge in [-0.3, -0.25) is 0 Å². The Hall–Kier alpha value is -3.95. The van der Waals surface area contributed by atoms with Crippen molar-refractivity contribution in [1.29, 1.82) is 10.5 Å². The molecule has 0 saturated heterocycles. The summed E-state index contributed by atoms with van der Waals surface area (Å²) < 4.78 is 12.3. The molecule has 2 heterocycles. The third-order valence-electron chi connectivity index (χ3n) is 7.65. The second kappa shape index (κ2) is 9.11. The van der Waals surface area contributed by atoms with Crippen LogP contribution in [0.4, 0.5) is 0 Å². The minimum absolute atomic E-state index is 0.0207. The topological polar surface area (TPSA) is 131 Å². The van der Waals surface area contributed by atoms with Gasteiger partial charge in [0.2, 0.25) is 5.88 Å². The van der Waals surface area contributed by atoms with Gasteiger partial charge in [0.25, 0.3) is 0 Å². The van der Waals surface area contributed by atoms with Crippen LogP contribution in [0.3, 0.4) is 0 Å². The van der Waals surface area contributed by atoms with E-state index in [1.54, 1.807) is 24.3 Å². The first-order valence-corrected chi connectivity index (χ1v) is 12.5. The summed E-state index contributed by atoms with van der Waals surface area (Å²) in [6.07, 6.45) is -1.30. The first-order chi connectivity index (χ1) is 18.1. The third-order valence-corrected chi connectivity index (χ3v) is 7.65. The van der Waals surface area contributed by atoms with Crippen molar-refractivity contribution in [3.63, 3.8) is 0 Å². The van der Waals surface area contributed by atoms with Crippen molar-refractivity contribution < 1.29 is 19.7 Å². The molecule has 8 nitrogen and oxygen atoms in total. The van der Waals surface area contributed by atoms with Crippen LogP contribution < -0.4 is 14.8 Å². The highest BCUT2D eigenvalue weighted by molar-refractivity contribution is 5.60. The van der Waals surface area contributed by atoms with E-state index in [9.17, 15) is 20.7 Å². The number of benzene rings is 2. The summed E-state index contributed by atoms with van der Waals surface area (Å²) in [5.41, 5.74) is -1.58. The Labute approximate surface area is 222 Å². The Morgan fingerprint density at radius 3 is 2.34 bits per heavy atom. The van der Waals surface area contributed by atoms with Gasteiger partial charge < -0.3 is 25.0 Å². The Kier molecular flexibility index (Phi) is 6.16. The number of rotatable bonds is 5. The number of fused-ring (bicyclic) bond motifs is 3. The van der Waals surface area contributed by atoms with Crippen LogP contribution in [0.15, 0.2) is 60.7 Å². The predicted octanol–water partition coefficient (Wildman–Crippen LogP) is 3.47. The van der Waals surface area contributed by atoms with Gasteiger partial charge in [0, 0.05) is 30.0 Å². The summed E-state index contributed by atoms with van der Waals surface area (Å²) in [6.45, 7) is 6.51. The van der Waals surface area contributed by atoms with Crippen molar-refractivity contribution in [3.05, 3.63) is 88.6 Å². The van der Waals surface area contributed by atoms with Gasteiger partial charge in [-0.05, 0) is 44.0 Å². The van der Waals surface area contributed by atoms with Crippen LogP contribution in [0.1, 0.15) is 54.6 Å². The number of nitrogens with zero attached hydrogens (tertiary/aromatic N) is 3. The van der Waals surface area contributed by atoms with E-state index in [2.05, 4.69) is 16.4 Å². The van der Waals surface area contributed by atoms with Crippen molar-refractivity contribution in [3.8, 4) is 23.8 Å². The second-order valence-electron chi connectivity index (χ2n) is 10.9. The van der Waals surface area contributed by atoms with E-state index < -0.39 is 29.1 Å². The average molecular weight is 511 g/mol. The number of aliphatic hydroxyl groups excluding tert-OH is 1. The number of pyridine rings is 1. The molecule has 5 rings (SSSR count). The number of nitriles is 2. The lowest BCUT2D eigenvalue weighted by Gasteiger charge is -2.41. The van der Waals surface area contributed by atoms with E-state index in [-0.39, 0.29) is 28.4 Å². The maximum Gasteiger partial charge on any atom is 0.224 e. The van der Waals surface area contributed by atoms with Crippen LogP contribution in [0.25, 0.3) is 0 Å². The molecule has 0 radical (unpaired) electrons. The Bertz CT molecular complexity index is 1440. The molecule has 2 aromatic carbocycles. The van der Waals surface area contributed by atoms with Gasteiger partial charge in [-0.1, -0.05) is 42.5 Å². The molecule has 1 aromatic heterocycles. The summed E-state index contributed by atoms with van der Waals surface area (Å²) in [6, 6.07) is 22.1. The van der Waals surface area contributed by atoms with Crippen molar-refractivity contribution in [2.24, 2.45) is 5.92 Å². The minimum Gasteiger partial charge on any atom is -0.481 e. The lowest BCUT2D eigenvalue weighted by atomic mass is 9.70. The molecular weight excluding hydrogens is 480 g/mol. The zero-order valence-corrected chi connectivity index (χ0v) is 21.8. The van der Waals surface area contributed by atoms with Gasteiger partial charge in [-0.2, -0.15) is 10.5 Å². The zero-order chi connectivity index (χ0) is 27.3. The summed E-state index contributed by atoms with van der Waals surface area (Å²) in [4.78, 5) is 4.29. The van der Waals surface area contributed by atoms with Crippen LogP contribution >= 0.6 is 0 Å². The summed E-state index contributed by atoms with van der Waals surface area (Å²) in [5.74, 6) is -0.783. The lowest BCUT2D eigenvalue weighted by Crippen LogP contribution is -2.52. The quantitative estimate of drug-likeness (QED) is 0.476. The van der Waals surface area contributed by atoms with E-state index in [1.807, 2.05) is 57.2 Å².